The van der Waals surface area contributed by atoms with Crippen molar-refractivity contribution in [1.29, 1.82) is 0 Å². The highest BCUT2D eigenvalue weighted by molar-refractivity contribution is 9.09. The monoisotopic (exact) mass is 227 g/mol. The van der Waals surface area contributed by atoms with E-state index in [-0.39, 0.29) is 0 Å². The van der Waals surface area contributed by atoms with Crippen molar-refractivity contribution in [3.63, 3.8) is 0 Å². The quantitative estimate of drug-likeness (QED) is 0.716. The second-order valence-electron chi connectivity index (χ2n) is 2.86. The molecule has 0 N–H and O–H groups in total. The number of nitrogens with zero attached hydrogens (tertiary/aromatic N) is 1. The molecule has 1 rings (SSSR count). The lowest BCUT2D eigenvalue weighted by Gasteiger charge is -2.06. The molecule has 1 aromatic heterocycles. The van der Waals surface area contributed by atoms with Crippen LogP contribution in [0.5, 0.6) is 0 Å². The average molecular weight is 228 g/mol. The summed E-state index contributed by atoms with van der Waals surface area (Å²) in [4.78, 5) is 4.71. The van der Waals surface area contributed by atoms with Gasteiger partial charge in [0, 0.05) is 6.20 Å². The topological polar surface area (TPSA) is 12.9 Å². The summed E-state index contributed by atoms with van der Waals surface area (Å²) in [5, 5.41) is 0. The van der Waals surface area contributed by atoms with Crippen LogP contribution in [-0.4, -0.2) is 4.98 Å². The SMILES string of the molecule is CCCCC(Br)c1ccccn1. The van der Waals surface area contributed by atoms with Gasteiger partial charge in [-0.25, -0.2) is 0 Å². The fourth-order valence-corrected chi connectivity index (χ4v) is 1.69. The zero-order chi connectivity index (χ0) is 8.81. The van der Waals surface area contributed by atoms with E-state index >= 15 is 0 Å². The zero-order valence-electron chi connectivity index (χ0n) is 7.33. The van der Waals surface area contributed by atoms with Crippen LogP contribution in [-0.2, 0) is 0 Å². The zero-order valence-corrected chi connectivity index (χ0v) is 8.92. The molecule has 1 aromatic rings. The van der Waals surface area contributed by atoms with Crippen LogP contribution in [0, 0.1) is 0 Å². The molecule has 0 aliphatic carbocycles. The normalized spacial score (nSPS) is 12.8. The molecule has 0 aromatic carbocycles. The Hall–Kier alpha value is -0.370. The Bertz CT molecular complexity index is 210. The minimum Gasteiger partial charge on any atom is -0.260 e. The van der Waals surface area contributed by atoms with Crippen molar-refractivity contribution in [2.75, 3.05) is 0 Å². The summed E-state index contributed by atoms with van der Waals surface area (Å²) in [6.45, 7) is 2.21. The lowest BCUT2D eigenvalue weighted by atomic mass is 10.1. The first-order valence-corrected chi connectivity index (χ1v) is 5.31. The molecule has 0 bridgehead atoms. The van der Waals surface area contributed by atoms with Crippen LogP contribution in [0.1, 0.15) is 36.7 Å². The molecule has 66 valence electrons. The van der Waals surface area contributed by atoms with E-state index in [2.05, 4.69) is 33.9 Å². The second-order valence-corrected chi connectivity index (χ2v) is 3.97. The molecule has 1 atom stereocenters. The van der Waals surface area contributed by atoms with Crippen molar-refractivity contribution in [2.45, 2.75) is 31.0 Å². The van der Waals surface area contributed by atoms with E-state index in [1.165, 1.54) is 19.3 Å². The summed E-state index contributed by atoms with van der Waals surface area (Å²) >= 11 is 3.62. The largest absolute Gasteiger partial charge is 0.260 e. The standard InChI is InChI=1S/C10H14BrN/c1-2-3-6-9(11)10-7-4-5-8-12-10/h4-5,7-9H,2-3,6H2,1H3. The summed E-state index contributed by atoms with van der Waals surface area (Å²) in [6, 6.07) is 6.04. The number of aromatic nitrogens is 1. The highest BCUT2D eigenvalue weighted by Crippen LogP contribution is 2.25. The van der Waals surface area contributed by atoms with Gasteiger partial charge in [0.2, 0.25) is 0 Å². The third kappa shape index (κ3) is 2.94. The Labute approximate surface area is 82.3 Å². The van der Waals surface area contributed by atoms with Crippen molar-refractivity contribution in [3.05, 3.63) is 30.1 Å². The molecular formula is C10H14BrN. The maximum atomic E-state index is 4.28. The maximum absolute atomic E-state index is 4.28. The fraction of sp³-hybridized carbons (Fsp3) is 0.500. The summed E-state index contributed by atoms with van der Waals surface area (Å²) in [5.74, 6) is 0. The predicted molar refractivity (Wildman–Crippen MR) is 55.4 cm³/mol. The van der Waals surface area contributed by atoms with E-state index in [0.717, 1.165) is 5.69 Å². The fourth-order valence-electron chi connectivity index (χ4n) is 1.09. The highest BCUT2D eigenvalue weighted by atomic mass is 79.9. The van der Waals surface area contributed by atoms with Gasteiger partial charge in [0.15, 0.2) is 0 Å². The minimum absolute atomic E-state index is 0.429. The molecule has 2 heteroatoms. The van der Waals surface area contributed by atoms with Crippen LogP contribution in [0.4, 0.5) is 0 Å². The summed E-state index contributed by atoms with van der Waals surface area (Å²) in [6.07, 6.45) is 5.52. The molecule has 0 aliphatic heterocycles. The first-order chi connectivity index (χ1) is 5.84. The van der Waals surface area contributed by atoms with E-state index in [9.17, 15) is 0 Å². The van der Waals surface area contributed by atoms with E-state index in [0.29, 0.717) is 4.83 Å². The molecule has 1 nitrogen and oxygen atoms in total. The van der Waals surface area contributed by atoms with E-state index < -0.39 is 0 Å². The van der Waals surface area contributed by atoms with Gasteiger partial charge in [-0.05, 0) is 18.6 Å². The average Bonchev–Trinajstić information content (AvgIpc) is 2.15. The van der Waals surface area contributed by atoms with Crippen LogP contribution in [0.2, 0.25) is 0 Å². The van der Waals surface area contributed by atoms with Gasteiger partial charge in [-0.15, -0.1) is 0 Å². The summed E-state index contributed by atoms with van der Waals surface area (Å²) < 4.78 is 0. The third-order valence-corrected chi connectivity index (χ3v) is 2.75. The number of rotatable bonds is 4. The van der Waals surface area contributed by atoms with Gasteiger partial charge >= 0.3 is 0 Å². The minimum atomic E-state index is 0.429. The molecule has 1 unspecified atom stereocenters. The van der Waals surface area contributed by atoms with Crippen LogP contribution in [0.3, 0.4) is 0 Å². The Kier molecular flexibility index (Phi) is 4.30. The second kappa shape index (κ2) is 5.31. The number of hydrogen-bond donors (Lipinski definition) is 0. The van der Waals surface area contributed by atoms with E-state index in [1.807, 2.05) is 18.3 Å². The molecule has 12 heavy (non-hydrogen) atoms. The van der Waals surface area contributed by atoms with Crippen molar-refractivity contribution in [2.24, 2.45) is 0 Å². The summed E-state index contributed by atoms with van der Waals surface area (Å²) in [7, 11) is 0. The molecule has 1 heterocycles. The molecular weight excluding hydrogens is 214 g/mol. The lowest BCUT2D eigenvalue weighted by molar-refractivity contribution is 0.703. The first-order valence-electron chi connectivity index (χ1n) is 4.39. The van der Waals surface area contributed by atoms with Gasteiger partial charge in [-0.3, -0.25) is 4.98 Å². The molecule has 0 spiro atoms. The predicted octanol–water partition coefficient (Wildman–Crippen LogP) is 3.71. The molecule has 0 aliphatic rings. The van der Waals surface area contributed by atoms with Gasteiger partial charge in [-0.1, -0.05) is 41.8 Å². The first kappa shape index (κ1) is 9.72. The number of pyridine rings is 1. The van der Waals surface area contributed by atoms with Crippen molar-refractivity contribution in [3.8, 4) is 0 Å². The van der Waals surface area contributed by atoms with Crippen molar-refractivity contribution in [1.82, 2.24) is 4.98 Å². The lowest BCUT2D eigenvalue weighted by Crippen LogP contribution is -1.92. The van der Waals surface area contributed by atoms with Crippen molar-refractivity contribution < 1.29 is 0 Å². The smallest absolute Gasteiger partial charge is 0.0568 e. The molecule has 0 fully saturated rings. The maximum Gasteiger partial charge on any atom is 0.0568 e. The number of hydrogen-bond acceptors (Lipinski definition) is 1. The van der Waals surface area contributed by atoms with Gasteiger partial charge in [-0.2, -0.15) is 0 Å². The van der Waals surface area contributed by atoms with Gasteiger partial charge in [0.25, 0.3) is 0 Å². The van der Waals surface area contributed by atoms with Crippen LogP contribution >= 0.6 is 15.9 Å². The summed E-state index contributed by atoms with van der Waals surface area (Å²) in [5.41, 5.74) is 1.14. The van der Waals surface area contributed by atoms with Gasteiger partial charge < -0.3 is 0 Å². The van der Waals surface area contributed by atoms with Crippen LogP contribution < -0.4 is 0 Å². The number of halogens is 1. The molecule has 0 saturated heterocycles. The van der Waals surface area contributed by atoms with E-state index in [1.54, 1.807) is 0 Å². The molecule has 0 saturated carbocycles. The Morgan fingerprint density at radius 2 is 2.33 bits per heavy atom. The number of unbranched alkanes of at least 4 members (excludes halogenated alkanes) is 1. The Morgan fingerprint density at radius 3 is 2.92 bits per heavy atom. The van der Waals surface area contributed by atoms with Gasteiger partial charge in [0.1, 0.15) is 0 Å². The van der Waals surface area contributed by atoms with Crippen LogP contribution in [0.25, 0.3) is 0 Å². The number of alkyl halides is 1. The van der Waals surface area contributed by atoms with E-state index in [4.69, 9.17) is 0 Å². The van der Waals surface area contributed by atoms with Gasteiger partial charge in [0.05, 0.1) is 10.5 Å². The molecule has 0 amide bonds. The Balaban J connectivity index is 2.48. The third-order valence-electron chi connectivity index (χ3n) is 1.82. The Morgan fingerprint density at radius 1 is 1.50 bits per heavy atom. The highest BCUT2D eigenvalue weighted by Gasteiger charge is 2.06. The molecule has 0 radical (unpaired) electrons. The van der Waals surface area contributed by atoms with Crippen molar-refractivity contribution >= 4 is 15.9 Å². The van der Waals surface area contributed by atoms with Crippen LogP contribution in [0.15, 0.2) is 24.4 Å².